The molecular weight excluding hydrogens is 764 g/mol. The van der Waals surface area contributed by atoms with E-state index in [-0.39, 0.29) is 23.6 Å². The van der Waals surface area contributed by atoms with E-state index < -0.39 is 5.24 Å². The van der Waals surface area contributed by atoms with E-state index >= 15 is 0 Å². The summed E-state index contributed by atoms with van der Waals surface area (Å²) in [5, 5.41) is 10.8. The molecule has 7 aromatic rings. The quantitative estimate of drug-likeness (QED) is 0.0620. The number of hydrogen-bond acceptors (Lipinski definition) is 7. The Balaban J connectivity index is 0.000000319. The summed E-state index contributed by atoms with van der Waals surface area (Å²) in [4.78, 5) is 60.8. The summed E-state index contributed by atoms with van der Waals surface area (Å²) < 4.78 is 0. The first-order chi connectivity index (χ1) is 28.5. The SMILES string of the molecule is Nc1ccc(N)cc1.O=C(Cl)c1ccccc1.O=C(Nc1ccc(NC(=O)c2cccc(C(=O)Nc3ccc(NC(=O)c4ccccc4)cc3)c2)cc1)c1ccccc1. The van der Waals surface area contributed by atoms with Crippen molar-refractivity contribution < 1.29 is 24.0 Å². The number of anilines is 6. The number of benzene rings is 7. The van der Waals surface area contributed by atoms with E-state index in [1.54, 1.807) is 164 Å². The van der Waals surface area contributed by atoms with Crippen LogP contribution in [0.4, 0.5) is 34.1 Å². The number of amides is 4. The van der Waals surface area contributed by atoms with Gasteiger partial charge < -0.3 is 32.7 Å². The first-order valence-corrected chi connectivity index (χ1v) is 18.4. The molecule has 59 heavy (non-hydrogen) atoms. The third kappa shape index (κ3) is 13.6. The van der Waals surface area contributed by atoms with Crippen LogP contribution in [0.5, 0.6) is 0 Å². The minimum absolute atomic E-state index is 0.228. The maximum atomic E-state index is 12.9. The fraction of sp³-hybridized carbons (Fsp3) is 0. The highest BCUT2D eigenvalue weighted by atomic mass is 35.5. The molecule has 0 radical (unpaired) electrons. The van der Waals surface area contributed by atoms with E-state index in [0.29, 0.717) is 50.6 Å². The van der Waals surface area contributed by atoms with E-state index in [9.17, 15) is 24.0 Å². The lowest BCUT2D eigenvalue weighted by Crippen LogP contribution is -2.16. The average Bonchev–Trinajstić information content (AvgIpc) is 3.27. The van der Waals surface area contributed by atoms with Crippen molar-refractivity contribution in [3.05, 3.63) is 216 Å². The fourth-order valence-electron chi connectivity index (χ4n) is 5.13. The summed E-state index contributed by atoms with van der Waals surface area (Å²) in [6.45, 7) is 0. The molecule has 0 saturated carbocycles. The van der Waals surface area contributed by atoms with Gasteiger partial charge in [0.1, 0.15) is 0 Å². The van der Waals surface area contributed by atoms with Gasteiger partial charge in [-0.15, -0.1) is 0 Å². The number of carbonyl (C=O) groups is 5. The van der Waals surface area contributed by atoms with Crippen molar-refractivity contribution in [1.29, 1.82) is 0 Å². The molecule has 11 nitrogen and oxygen atoms in total. The molecule has 7 aromatic carbocycles. The number of carbonyl (C=O) groups excluding carboxylic acids is 5. The van der Waals surface area contributed by atoms with Gasteiger partial charge in [-0.25, -0.2) is 0 Å². The first-order valence-electron chi connectivity index (χ1n) is 18.1. The summed E-state index contributed by atoms with van der Waals surface area (Å²) in [5.74, 6) is -1.23. The number of halogens is 1. The predicted molar refractivity (Wildman–Crippen MR) is 236 cm³/mol. The van der Waals surface area contributed by atoms with Gasteiger partial charge in [0.2, 0.25) is 0 Å². The van der Waals surface area contributed by atoms with Crippen LogP contribution in [0.15, 0.2) is 188 Å². The lowest BCUT2D eigenvalue weighted by Gasteiger charge is -2.10. The van der Waals surface area contributed by atoms with Crippen molar-refractivity contribution in [3.8, 4) is 0 Å². The molecule has 0 unspecified atom stereocenters. The Labute approximate surface area is 346 Å². The second kappa shape index (κ2) is 21.3. The maximum absolute atomic E-state index is 12.9. The van der Waals surface area contributed by atoms with Gasteiger partial charge in [-0.2, -0.15) is 0 Å². The zero-order valence-electron chi connectivity index (χ0n) is 31.5. The highest BCUT2D eigenvalue weighted by molar-refractivity contribution is 6.67. The highest BCUT2D eigenvalue weighted by Gasteiger charge is 2.13. The van der Waals surface area contributed by atoms with Crippen LogP contribution >= 0.6 is 11.6 Å². The van der Waals surface area contributed by atoms with Crippen molar-refractivity contribution in [2.24, 2.45) is 0 Å². The molecule has 294 valence electrons. The Morgan fingerprint density at radius 1 is 0.322 bits per heavy atom. The van der Waals surface area contributed by atoms with Gasteiger partial charge in [0.05, 0.1) is 0 Å². The van der Waals surface area contributed by atoms with Gasteiger partial charge >= 0.3 is 0 Å². The van der Waals surface area contributed by atoms with Crippen LogP contribution < -0.4 is 32.7 Å². The normalized spacial score (nSPS) is 9.92. The second-order valence-electron chi connectivity index (χ2n) is 12.6. The molecule has 0 spiro atoms. The number of nitrogens with two attached hydrogens (primary N) is 2. The first kappa shape index (κ1) is 42.1. The zero-order chi connectivity index (χ0) is 42.0. The lowest BCUT2D eigenvalue weighted by atomic mass is 10.1. The minimum atomic E-state index is -0.407. The third-order valence-corrected chi connectivity index (χ3v) is 8.42. The molecule has 0 saturated heterocycles. The number of nitrogens with one attached hydrogen (secondary N) is 4. The van der Waals surface area contributed by atoms with E-state index in [4.69, 9.17) is 23.1 Å². The standard InChI is InChI=1S/C34H26N4O4.C7H5ClO.C6H8N2/c39-31(23-8-3-1-4-9-23)35-27-14-18-29(19-15-27)37-33(41)25-12-7-13-26(22-25)34(42)38-30-20-16-28(17-21-30)36-32(40)24-10-5-2-6-11-24;8-7(9)6-4-2-1-3-5-6;7-5-1-2-6(8)4-3-5/h1-22H,(H,35,39)(H,36,40)(H,37,41)(H,38,42);1-5H;1-4H,7-8H2. The average molecular weight is 803 g/mol. The van der Waals surface area contributed by atoms with Gasteiger partial charge in [0.15, 0.2) is 0 Å². The fourth-order valence-corrected chi connectivity index (χ4v) is 5.26. The van der Waals surface area contributed by atoms with Crippen molar-refractivity contribution in [2.45, 2.75) is 0 Å². The molecule has 8 N–H and O–H groups in total. The molecule has 0 fully saturated rings. The van der Waals surface area contributed by atoms with Gasteiger partial charge in [-0.05, 0) is 127 Å². The van der Waals surface area contributed by atoms with Crippen molar-refractivity contribution >= 4 is 74.6 Å². The zero-order valence-corrected chi connectivity index (χ0v) is 32.2. The number of rotatable bonds is 9. The summed E-state index contributed by atoms with van der Waals surface area (Å²) in [5.41, 5.74) is 16.7. The maximum Gasteiger partial charge on any atom is 0.255 e. The van der Waals surface area contributed by atoms with Crippen LogP contribution in [-0.4, -0.2) is 28.9 Å². The van der Waals surface area contributed by atoms with Gasteiger partial charge in [0, 0.05) is 61.9 Å². The monoisotopic (exact) mass is 802 g/mol. The summed E-state index contributed by atoms with van der Waals surface area (Å²) in [7, 11) is 0. The summed E-state index contributed by atoms with van der Waals surface area (Å²) >= 11 is 5.16. The summed E-state index contributed by atoms with van der Waals surface area (Å²) in [6.07, 6.45) is 0. The van der Waals surface area contributed by atoms with Crippen molar-refractivity contribution in [3.63, 3.8) is 0 Å². The van der Waals surface area contributed by atoms with Crippen LogP contribution in [0.1, 0.15) is 51.8 Å². The van der Waals surface area contributed by atoms with Crippen LogP contribution in [0, 0.1) is 0 Å². The van der Waals surface area contributed by atoms with Gasteiger partial charge in [0.25, 0.3) is 28.9 Å². The molecule has 0 atom stereocenters. The topological polar surface area (TPSA) is 186 Å². The Hall–Kier alpha value is -8.02. The molecule has 4 amide bonds. The van der Waals surface area contributed by atoms with Crippen LogP contribution in [0.2, 0.25) is 0 Å². The molecule has 0 bridgehead atoms. The molecule has 0 aliphatic heterocycles. The molecular formula is C47H39ClN6O5. The van der Waals surface area contributed by atoms with Crippen molar-refractivity contribution in [1.82, 2.24) is 0 Å². The molecule has 0 aliphatic rings. The van der Waals surface area contributed by atoms with Crippen LogP contribution in [-0.2, 0) is 0 Å². The van der Waals surface area contributed by atoms with Crippen LogP contribution in [0.3, 0.4) is 0 Å². The third-order valence-electron chi connectivity index (χ3n) is 8.20. The Morgan fingerprint density at radius 2 is 0.576 bits per heavy atom. The molecule has 12 heteroatoms. The number of hydrogen-bond donors (Lipinski definition) is 6. The lowest BCUT2D eigenvalue weighted by molar-refractivity contribution is 0.101. The van der Waals surface area contributed by atoms with E-state index in [2.05, 4.69) is 21.3 Å². The van der Waals surface area contributed by atoms with Crippen molar-refractivity contribution in [2.75, 3.05) is 32.7 Å². The van der Waals surface area contributed by atoms with E-state index in [1.165, 1.54) is 6.07 Å². The molecule has 0 aliphatic carbocycles. The van der Waals surface area contributed by atoms with E-state index in [0.717, 1.165) is 11.4 Å². The predicted octanol–water partition coefficient (Wildman–Crippen LogP) is 9.61. The van der Waals surface area contributed by atoms with Gasteiger partial charge in [-0.3, -0.25) is 24.0 Å². The second-order valence-corrected chi connectivity index (χ2v) is 12.9. The van der Waals surface area contributed by atoms with Gasteiger partial charge in [-0.1, -0.05) is 72.8 Å². The number of nitrogen functional groups attached to an aromatic ring is 2. The molecule has 7 rings (SSSR count). The Kier molecular flexibility index (Phi) is 15.2. The minimum Gasteiger partial charge on any atom is -0.399 e. The Morgan fingerprint density at radius 3 is 0.847 bits per heavy atom. The molecule has 0 heterocycles. The highest BCUT2D eigenvalue weighted by Crippen LogP contribution is 2.19. The van der Waals surface area contributed by atoms with E-state index in [1.807, 2.05) is 18.2 Å². The molecule has 0 aromatic heterocycles. The smallest absolute Gasteiger partial charge is 0.255 e. The largest absolute Gasteiger partial charge is 0.399 e. The summed E-state index contributed by atoms with van der Waals surface area (Å²) in [6, 6.07) is 53.4. The Bertz CT molecular complexity index is 2340. The van der Waals surface area contributed by atoms with Crippen LogP contribution in [0.25, 0.3) is 0 Å².